The molecule has 0 aliphatic heterocycles. The predicted octanol–water partition coefficient (Wildman–Crippen LogP) is 1.03. The first-order valence-corrected chi connectivity index (χ1v) is 2.56. The molecule has 0 saturated carbocycles. The second kappa shape index (κ2) is 2.72. The predicted molar refractivity (Wildman–Crippen MR) is 33.9 cm³/mol. The third-order valence-corrected chi connectivity index (χ3v) is 0.923. The number of nitrogens with one attached hydrogen (secondary N) is 1. The molecule has 0 aliphatic rings. The lowest BCUT2D eigenvalue weighted by atomic mass is 10.6. The maximum absolute atomic E-state index is 8.83. The van der Waals surface area contributed by atoms with E-state index in [1.54, 1.807) is 0 Å². The van der Waals surface area contributed by atoms with E-state index in [0.29, 0.717) is 0 Å². The van der Waals surface area contributed by atoms with Gasteiger partial charge in [-0.3, -0.25) is 4.98 Å². The molecule has 0 aliphatic carbocycles. The lowest BCUT2D eigenvalue weighted by Crippen LogP contribution is -1.75. The summed E-state index contributed by atoms with van der Waals surface area (Å²) in [5.74, 6) is -0.791. The van der Waals surface area contributed by atoms with Gasteiger partial charge in [0.2, 0.25) is 11.6 Å². The number of hydrogen-bond acceptors (Lipinski definition) is 4. The number of rotatable bonds is 2. The molecular formula is C4H4N4O3. The SMILES string of the molecule is [N-]=[N+]=NOc1cc(O)[nH]c1O. The first-order chi connectivity index (χ1) is 5.24. The summed E-state index contributed by atoms with van der Waals surface area (Å²) in [5, 5.41) is 20.2. The summed E-state index contributed by atoms with van der Waals surface area (Å²) in [6, 6.07) is 1.07. The van der Waals surface area contributed by atoms with Gasteiger partial charge in [0.1, 0.15) is 5.28 Å². The van der Waals surface area contributed by atoms with Crippen LogP contribution in [0.3, 0.4) is 0 Å². The lowest BCUT2D eigenvalue weighted by molar-refractivity contribution is 0.310. The average Bonchev–Trinajstić information content (AvgIpc) is 2.26. The molecule has 0 amide bonds. The van der Waals surface area contributed by atoms with Gasteiger partial charge in [-0.25, -0.2) is 0 Å². The Bertz CT molecular complexity index is 300. The third kappa shape index (κ3) is 1.46. The van der Waals surface area contributed by atoms with Crippen molar-refractivity contribution < 1.29 is 15.1 Å². The molecule has 0 saturated heterocycles. The number of azide groups is 1. The fraction of sp³-hybridized carbons (Fsp3) is 0. The molecule has 1 aromatic rings. The van der Waals surface area contributed by atoms with Crippen LogP contribution in [0.5, 0.6) is 17.5 Å². The van der Waals surface area contributed by atoms with Crippen LogP contribution in [0.25, 0.3) is 10.4 Å². The first-order valence-electron chi connectivity index (χ1n) is 2.56. The minimum atomic E-state index is -0.394. The highest BCUT2D eigenvalue weighted by molar-refractivity contribution is 5.38. The molecule has 3 N–H and O–H groups in total. The zero-order valence-electron chi connectivity index (χ0n) is 5.22. The topological polar surface area (TPSA) is 114 Å². The zero-order chi connectivity index (χ0) is 8.27. The Hall–Kier alpha value is -2.01. The van der Waals surface area contributed by atoms with Crippen molar-refractivity contribution in [2.24, 2.45) is 5.28 Å². The van der Waals surface area contributed by atoms with Crippen LogP contribution in [0, 0.1) is 0 Å². The van der Waals surface area contributed by atoms with Crippen LogP contribution in [0.4, 0.5) is 0 Å². The minimum Gasteiger partial charge on any atom is -0.494 e. The van der Waals surface area contributed by atoms with Crippen LogP contribution in [-0.2, 0) is 0 Å². The van der Waals surface area contributed by atoms with E-state index < -0.39 is 5.88 Å². The van der Waals surface area contributed by atoms with Gasteiger partial charge < -0.3 is 15.1 Å². The molecule has 0 unspecified atom stereocenters. The number of hydrogen-bond donors (Lipinski definition) is 3. The molecule has 1 aromatic heterocycles. The average molecular weight is 156 g/mol. The minimum absolute atomic E-state index is 0.125. The molecule has 0 spiro atoms. The molecule has 1 rings (SSSR count). The normalized spacial score (nSPS) is 8.73. The summed E-state index contributed by atoms with van der Waals surface area (Å²) in [5.41, 5.74) is 7.80. The van der Waals surface area contributed by atoms with Crippen LogP contribution in [0.1, 0.15) is 0 Å². The maximum atomic E-state index is 8.83. The van der Waals surface area contributed by atoms with Gasteiger partial charge in [-0.1, -0.05) is 0 Å². The van der Waals surface area contributed by atoms with Crippen LogP contribution in [0.2, 0.25) is 0 Å². The molecule has 0 atom stereocenters. The van der Waals surface area contributed by atoms with E-state index in [0.717, 1.165) is 6.07 Å². The van der Waals surface area contributed by atoms with E-state index in [2.05, 4.69) is 20.0 Å². The highest BCUT2D eigenvalue weighted by Gasteiger charge is 2.05. The van der Waals surface area contributed by atoms with Gasteiger partial charge >= 0.3 is 0 Å². The van der Waals surface area contributed by atoms with Gasteiger partial charge in [0.05, 0.1) is 0 Å². The van der Waals surface area contributed by atoms with Crippen molar-refractivity contribution in [3.8, 4) is 17.5 Å². The molecule has 7 heteroatoms. The van der Waals surface area contributed by atoms with Crippen molar-refractivity contribution in [1.82, 2.24) is 4.98 Å². The highest BCUT2D eigenvalue weighted by atomic mass is 16.6. The van der Waals surface area contributed by atoms with E-state index in [1.807, 2.05) is 0 Å². The Morgan fingerprint density at radius 3 is 2.82 bits per heavy atom. The fourth-order valence-corrected chi connectivity index (χ4v) is 0.543. The quantitative estimate of drug-likeness (QED) is 0.257. The summed E-state index contributed by atoms with van der Waals surface area (Å²) in [6.07, 6.45) is 0. The smallest absolute Gasteiger partial charge is 0.236 e. The van der Waals surface area contributed by atoms with Gasteiger partial charge in [0.15, 0.2) is 5.88 Å². The van der Waals surface area contributed by atoms with E-state index >= 15 is 0 Å². The molecule has 58 valence electrons. The highest BCUT2D eigenvalue weighted by Crippen LogP contribution is 2.29. The van der Waals surface area contributed by atoms with Gasteiger partial charge in [-0.05, 0) is 5.53 Å². The molecule has 7 nitrogen and oxygen atoms in total. The summed E-state index contributed by atoms with van der Waals surface area (Å²) >= 11 is 0. The van der Waals surface area contributed by atoms with Crippen molar-refractivity contribution in [3.63, 3.8) is 0 Å². The van der Waals surface area contributed by atoms with Gasteiger partial charge in [0, 0.05) is 11.0 Å². The summed E-state index contributed by atoms with van der Waals surface area (Å²) in [6.45, 7) is 0. The van der Waals surface area contributed by atoms with Gasteiger partial charge in [-0.15, -0.1) is 0 Å². The van der Waals surface area contributed by atoms with Crippen molar-refractivity contribution in [1.29, 1.82) is 0 Å². The fourth-order valence-electron chi connectivity index (χ4n) is 0.543. The zero-order valence-corrected chi connectivity index (χ0v) is 5.22. The Morgan fingerprint density at radius 2 is 2.36 bits per heavy atom. The summed E-state index contributed by atoms with van der Waals surface area (Å²) in [4.78, 5) is 8.67. The van der Waals surface area contributed by atoms with Crippen molar-refractivity contribution >= 4 is 0 Å². The van der Waals surface area contributed by atoms with Crippen molar-refractivity contribution in [2.45, 2.75) is 0 Å². The molecule has 0 fully saturated rings. The molecule has 0 bridgehead atoms. The number of nitrogens with zero attached hydrogens (tertiary/aromatic N) is 3. The number of aromatic nitrogens is 1. The largest absolute Gasteiger partial charge is 0.494 e. The standard InChI is InChI=1S/C4H4N4O3/c5-7-8-11-2-1-3(9)6-4(2)10/h1,6,9-10H. The summed E-state index contributed by atoms with van der Waals surface area (Å²) < 4.78 is 0. The number of aromatic amines is 1. The molecule has 0 aromatic carbocycles. The second-order valence-electron chi connectivity index (χ2n) is 1.63. The van der Waals surface area contributed by atoms with Crippen LogP contribution in [0.15, 0.2) is 11.3 Å². The second-order valence-corrected chi connectivity index (χ2v) is 1.63. The molecule has 1 heterocycles. The Labute approximate surface area is 60.4 Å². The monoisotopic (exact) mass is 156 g/mol. The van der Waals surface area contributed by atoms with Crippen molar-refractivity contribution in [3.05, 3.63) is 16.5 Å². The van der Waals surface area contributed by atoms with Gasteiger partial charge in [0.25, 0.3) is 0 Å². The number of aromatic hydroxyl groups is 2. The first kappa shape index (κ1) is 7.10. The van der Waals surface area contributed by atoms with Crippen LogP contribution < -0.4 is 4.84 Å². The third-order valence-electron chi connectivity index (χ3n) is 0.923. The molecule has 11 heavy (non-hydrogen) atoms. The Morgan fingerprint density at radius 1 is 1.64 bits per heavy atom. The van der Waals surface area contributed by atoms with Gasteiger partial charge in [-0.2, -0.15) is 0 Å². The summed E-state index contributed by atoms with van der Waals surface area (Å²) in [7, 11) is 0. The molecular weight excluding hydrogens is 152 g/mol. The van der Waals surface area contributed by atoms with E-state index in [9.17, 15) is 0 Å². The van der Waals surface area contributed by atoms with E-state index in [1.165, 1.54) is 0 Å². The lowest BCUT2D eigenvalue weighted by Gasteiger charge is -1.89. The molecule has 0 radical (unpaired) electrons. The van der Waals surface area contributed by atoms with E-state index in [4.69, 9.17) is 15.7 Å². The number of H-pyrrole nitrogens is 1. The van der Waals surface area contributed by atoms with Crippen LogP contribution in [-0.4, -0.2) is 15.2 Å². The maximum Gasteiger partial charge on any atom is 0.236 e. The Kier molecular flexibility index (Phi) is 1.75. The van der Waals surface area contributed by atoms with Crippen LogP contribution >= 0.6 is 0 Å². The van der Waals surface area contributed by atoms with Crippen molar-refractivity contribution in [2.75, 3.05) is 0 Å². The van der Waals surface area contributed by atoms with E-state index in [-0.39, 0.29) is 11.6 Å². The Balaban J connectivity index is 2.85.